The standard InChI is InChI=1S/C15H24O4S2/c1-11(9-14(16)17-2)19-12-5-3-6-18-13(12)10-15-20-7-4-8-21-15/h9,12-13,15H,3-8,10H2,1-2H3/b11-9+/t12-,13+/m0/s1. The highest BCUT2D eigenvalue weighted by molar-refractivity contribution is 8.17. The lowest BCUT2D eigenvalue weighted by Gasteiger charge is -2.34. The van der Waals surface area contributed by atoms with Gasteiger partial charge in [0.15, 0.2) is 0 Å². The highest BCUT2D eigenvalue weighted by Gasteiger charge is 2.31. The molecular formula is C15H24O4S2. The predicted octanol–water partition coefficient (Wildman–Crippen LogP) is 3.21. The minimum atomic E-state index is -0.376. The van der Waals surface area contributed by atoms with Gasteiger partial charge in [0, 0.05) is 6.61 Å². The van der Waals surface area contributed by atoms with Gasteiger partial charge in [-0.15, -0.1) is 23.5 Å². The van der Waals surface area contributed by atoms with Crippen molar-refractivity contribution in [2.45, 2.75) is 49.4 Å². The normalized spacial score (nSPS) is 28.2. The molecule has 2 saturated heterocycles. The lowest BCUT2D eigenvalue weighted by atomic mass is 10.0. The van der Waals surface area contributed by atoms with Gasteiger partial charge in [-0.2, -0.15) is 0 Å². The maximum absolute atomic E-state index is 11.2. The van der Waals surface area contributed by atoms with E-state index < -0.39 is 0 Å². The summed E-state index contributed by atoms with van der Waals surface area (Å²) >= 11 is 4.06. The van der Waals surface area contributed by atoms with E-state index >= 15 is 0 Å². The number of carbonyl (C=O) groups excluding carboxylic acids is 1. The zero-order chi connectivity index (χ0) is 15.1. The SMILES string of the molecule is COC(=O)/C=C(\C)O[C@H]1CCCO[C@@H]1CC1SCCCS1. The van der Waals surface area contributed by atoms with Crippen molar-refractivity contribution in [2.24, 2.45) is 0 Å². The summed E-state index contributed by atoms with van der Waals surface area (Å²) in [6.07, 6.45) is 5.89. The summed E-state index contributed by atoms with van der Waals surface area (Å²) in [7, 11) is 1.37. The maximum Gasteiger partial charge on any atom is 0.333 e. The number of carbonyl (C=O) groups is 1. The van der Waals surface area contributed by atoms with E-state index in [1.165, 1.54) is 31.1 Å². The van der Waals surface area contributed by atoms with Gasteiger partial charge in [-0.3, -0.25) is 0 Å². The highest BCUT2D eigenvalue weighted by atomic mass is 32.2. The van der Waals surface area contributed by atoms with Crippen molar-refractivity contribution in [3.63, 3.8) is 0 Å². The summed E-state index contributed by atoms with van der Waals surface area (Å²) in [5, 5.41) is 0. The topological polar surface area (TPSA) is 44.8 Å². The first kappa shape index (κ1) is 17.0. The molecule has 0 unspecified atom stereocenters. The predicted molar refractivity (Wildman–Crippen MR) is 87.6 cm³/mol. The summed E-state index contributed by atoms with van der Waals surface area (Å²) in [6, 6.07) is 0. The van der Waals surface area contributed by atoms with Crippen LogP contribution in [0.25, 0.3) is 0 Å². The first-order valence-corrected chi connectivity index (χ1v) is 9.56. The molecule has 0 N–H and O–H groups in total. The van der Waals surface area contributed by atoms with Crippen molar-refractivity contribution < 1.29 is 19.0 Å². The molecule has 21 heavy (non-hydrogen) atoms. The van der Waals surface area contributed by atoms with E-state index in [1.807, 2.05) is 23.5 Å². The van der Waals surface area contributed by atoms with Crippen molar-refractivity contribution >= 4 is 29.5 Å². The Hall–Kier alpha value is -0.330. The molecule has 0 aliphatic carbocycles. The maximum atomic E-state index is 11.2. The minimum absolute atomic E-state index is 0.0442. The third-order valence-electron chi connectivity index (χ3n) is 3.56. The molecule has 2 heterocycles. The lowest BCUT2D eigenvalue weighted by Crippen LogP contribution is -2.38. The molecule has 2 fully saturated rings. The van der Waals surface area contributed by atoms with Crippen molar-refractivity contribution in [2.75, 3.05) is 25.2 Å². The zero-order valence-electron chi connectivity index (χ0n) is 12.7. The van der Waals surface area contributed by atoms with Crippen LogP contribution in [0.3, 0.4) is 0 Å². The van der Waals surface area contributed by atoms with E-state index in [0.717, 1.165) is 25.9 Å². The quantitative estimate of drug-likeness (QED) is 0.438. The van der Waals surface area contributed by atoms with Gasteiger partial charge in [0.2, 0.25) is 0 Å². The van der Waals surface area contributed by atoms with E-state index in [-0.39, 0.29) is 18.2 Å². The molecule has 2 atom stereocenters. The van der Waals surface area contributed by atoms with Crippen LogP contribution in [0.4, 0.5) is 0 Å². The Bertz CT molecular complexity index is 367. The monoisotopic (exact) mass is 332 g/mol. The van der Waals surface area contributed by atoms with E-state index in [1.54, 1.807) is 6.92 Å². The first-order valence-electron chi connectivity index (χ1n) is 7.46. The number of esters is 1. The van der Waals surface area contributed by atoms with Gasteiger partial charge in [0.05, 0.1) is 23.9 Å². The molecule has 0 saturated carbocycles. The molecule has 120 valence electrons. The third kappa shape index (κ3) is 5.75. The number of hydrogen-bond acceptors (Lipinski definition) is 6. The molecule has 0 radical (unpaired) electrons. The van der Waals surface area contributed by atoms with Crippen LogP contribution in [-0.4, -0.2) is 48.0 Å². The Kier molecular flexibility index (Phi) is 7.26. The van der Waals surface area contributed by atoms with E-state index in [4.69, 9.17) is 9.47 Å². The smallest absolute Gasteiger partial charge is 0.333 e. The second kappa shape index (κ2) is 8.96. The largest absolute Gasteiger partial charge is 0.492 e. The second-order valence-corrected chi connectivity index (χ2v) is 8.17. The Labute approximate surface area is 135 Å². The van der Waals surface area contributed by atoms with Crippen molar-refractivity contribution in [3.05, 3.63) is 11.8 Å². The van der Waals surface area contributed by atoms with Gasteiger partial charge < -0.3 is 14.2 Å². The second-order valence-electron chi connectivity index (χ2n) is 5.25. The van der Waals surface area contributed by atoms with Crippen LogP contribution in [0, 0.1) is 0 Å². The number of ether oxygens (including phenoxy) is 3. The van der Waals surface area contributed by atoms with Crippen LogP contribution in [0.2, 0.25) is 0 Å². The van der Waals surface area contributed by atoms with Crippen LogP contribution in [0.15, 0.2) is 11.8 Å². The molecule has 2 aliphatic heterocycles. The molecule has 6 heteroatoms. The number of rotatable bonds is 5. The van der Waals surface area contributed by atoms with E-state index in [0.29, 0.717) is 10.3 Å². The van der Waals surface area contributed by atoms with Crippen LogP contribution in [0.5, 0.6) is 0 Å². The van der Waals surface area contributed by atoms with Crippen LogP contribution in [0.1, 0.15) is 32.6 Å². The van der Waals surface area contributed by atoms with Gasteiger partial charge in [0.25, 0.3) is 0 Å². The highest BCUT2D eigenvalue weighted by Crippen LogP contribution is 2.36. The Morgan fingerprint density at radius 3 is 2.81 bits per heavy atom. The molecule has 2 rings (SSSR count). The van der Waals surface area contributed by atoms with Crippen LogP contribution < -0.4 is 0 Å². The average Bonchev–Trinajstić information content (AvgIpc) is 2.50. The first-order chi connectivity index (χ1) is 10.2. The molecule has 4 nitrogen and oxygen atoms in total. The van der Waals surface area contributed by atoms with E-state index in [9.17, 15) is 4.79 Å². The van der Waals surface area contributed by atoms with E-state index in [2.05, 4.69) is 4.74 Å². The van der Waals surface area contributed by atoms with Crippen molar-refractivity contribution in [1.29, 1.82) is 0 Å². The van der Waals surface area contributed by atoms with Gasteiger partial charge in [0.1, 0.15) is 11.9 Å². The summed E-state index contributed by atoms with van der Waals surface area (Å²) in [5.41, 5.74) is 0. The number of hydrogen-bond donors (Lipinski definition) is 0. The Morgan fingerprint density at radius 2 is 2.10 bits per heavy atom. The van der Waals surface area contributed by atoms with Gasteiger partial charge in [-0.25, -0.2) is 4.79 Å². The summed E-state index contributed by atoms with van der Waals surface area (Å²) in [4.78, 5) is 11.2. The molecule has 0 aromatic carbocycles. The molecule has 0 aromatic heterocycles. The molecule has 0 bridgehead atoms. The summed E-state index contributed by atoms with van der Waals surface area (Å²) in [6.45, 7) is 2.61. The minimum Gasteiger partial charge on any atom is -0.492 e. The fourth-order valence-electron chi connectivity index (χ4n) is 2.53. The number of allylic oxidation sites excluding steroid dienone is 1. The Morgan fingerprint density at radius 1 is 1.33 bits per heavy atom. The number of methoxy groups -OCH3 is 1. The lowest BCUT2D eigenvalue weighted by molar-refractivity contribution is -0.135. The van der Waals surface area contributed by atoms with Crippen LogP contribution >= 0.6 is 23.5 Å². The fraction of sp³-hybridized carbons (Fsp3) is 0.800. The average molecular weight is 332 g/mol. The molecular weight excluding hydrogens is 308 g/mol. The van der Waals surface area contributed by atoms with Crippen LogP contribution in [-0.2, 0) is 19.0 Å². The fourth-order valence-corrected chi connectivity index (χ4v) is 5.47. The summed E-state index contributed by atoms with van der Waals surface area (Å²) < 4.78 is 17.1. The zero-order valence-corrected chi connectivity index (χ0v) is 14.3. The van der Waals surface area contributed by atoms with Gasteiger partial charge in [-0.1, -0.05) is 0 Å². The van der Waals surface area contributed by atoms with Crippen molar-refractivity contribution in [1.82, 2.24) is 0 Å². The Balaban J connectivity index is 1.88. The van der Waals surface area contributed by atoms with Crippen molar-refractivity contribution in [3.8, 4) is 0 Å². The molecule has 0 spiro atoms. The summed E-state index contributed by atoms with van der Waals surface area (Å²) in [5.74, 6) is 2.72. The number of thioether (sulfide) groups is 2. The molecule has 0 aromatic rings. The van der Waals surface area contributed by atoms with Gasteiger partial charge >= 0.3 is 5.97 Å². The third-order valence-corrected chi connectivity index (χ3v) is 6.55. The molecule has 0 amide bonds. The van der Waals surface area contributed by atoms with Gasteiger partial charge in [-0.05, 0) is 44.1 Å². The molecule has 2 aliphatic rings.